The molecule has 0 aromatic heterocycles. The summed E-state index contributed by atoms with van der Waals surface area (Å²) in [5.74, 6) is 0. The van der Waals surface area contributed by atoms with Crippen LogP contribution in [0.1, 0.15) is 39.5 Å². The molecule has 3 atom stereocenters. The molecule has 1 saturated heterocycles. The van der Waals surface area contributed by atoms with Gasteiger partial charge in [0.2, 0.25) is 0 Å². The number of hydrogen-bond donors (Lipinski definition) is 2. The average Bonchev–Trinajstić information content (AvgIpc) is 2.28. The fraction of sp³-hybridized carbons (Fsp3) is 1.00. The Balaban J connectivity index is 2.18. The molecule has 0 unspecified atom stereocenters. The molecule has 0 radical (unpaired) electrons. The van der Waals surface area contributed by atoms with E-state index >= 15 is 0 Å². The van der Waals surface area contributed by atoms with E-state index in [0.717, 1.165) is 6.42 Å². The van der Waals surface area contributed by atoms with Gasteiger partial charge >= 0.3 is 0 Å². The summed E-state index contributed by atoms with van der Waals surface area (Å²) in [6.07, 6.45) is 4.58. The second-order valence-corrected chi connectivity index (χ2v) is 3.60. The number of rotatable bonds is 3. The van der Waals surface area contributed by atoms with Crippen molar-refractivity contribution in [3.05, 3.63) is 0 Å². The van der Waals surface area contributed by atoms with Crippen molar-refractivity contribution < 1.29 is 5.11 Å². The highest BCUT2D eigenvalue weighted by atomic mass is 16.3. The first-order chi connectivity index (χ1) is 5.24. The third-order valence-electron chi connectivity index (χ3n) is 2.51. The Bertz CT molecular complexity index is 106. The molecule has 2 nitrogen and oxygen atoms in total. The van der Waals surface area contributed by atoms with Crippen molar-refractivity contribution in [2.24, 2.45) is 0 Å². The van der Waals surface area contributed by atoms with Gasteiger partial charge in [-0.05, 0) is 19.8 Å². The van der Waals surface area contributed by atoms with Crippen molar-refractivity contribution in [2.75, 3.05) is 0 Å². The van der Waals surface area contributed by atoms with Gasteiger partial charge in [0.1, 0.15) is 0 Å². The van der Waals surface area contributed by atoms with Gasteiger partial charge in [-0.2, -0.15) is 0 Å². The number of unbranched alkanes of at least 4 members (excludes halogenated alkanes) is 1. The highest BCUT2D eigenvalue weighted by Gasteiger charge is 2.27. The van der Waals surface area contributed by atoms with Gasteiger partial charge in [-0.25, -0.2) is 0 Å². The van der Waals surface area contributed by atoms with E-state index in [1.54, 1.807) is 0 Å². The monoisotopic (exact) mass is 157 g/mol. The zero-order valence-electron chi connectivity index (χ0n) is 7.51. The molecule has 0 amide bonds. The van der Waals surface area contributed by atoms with Crippen molar-refractivity contribution >= 4 is 0 Å². The Hall–Kier alpha value is -0.0800. The minimum atomic E-state index is -0.114. The zero-order valence-corrected chi connectivity index (χ0v) is 7.51. The third-order valence-corrected chi connectivity index (χ3v) is 2.51. The normalized spacial score (nSPS) is 37.9. The van der Waals surface area contributed by atoms with Crippen molar-refractivity contribution in [1.82, 2.24) is 5.32 Å². The lowest BCUT2D eigenvalue weighted by molar-refractivity contribution is 0.164. The second-order valence-electron chi connectivity index (χ2n) is 3.60. The summed E-state index contributed by atoms with van der Waals surface area (Å²) in [6.45, 7) is 4.26. The number of hydrogen-bond acceptors (Lipinski definition) is 2. The first-order valence-corrected chi connectivity index (χ1v) is 4.68. The summed E-state index contributed by atoms with van der Waals surface area (Å²) in [4.78, 5) is 0. The number of aliphatic hydroxyl groups is 1. The summed E-state index contributed by atoms with van der Waals surface area (Å²) in [5.41, 5.74) is 0. The van der Waals surface area contributed by atoms with Crippen LogP contribution >= 0.6 is 0 Å². The maximum Gasteiger partial charge on any atom is 0.0705 e. The first-order valence-electron chi connectivity index (χ1n) is 4.68. The average molecular weight is 157 g/mol. The lowest BCUT2D eigenvalue weighted by atomic mass is 10.1. The molecule has 1 aliphatic rings. The SMILES string of the molecule is CCCC[C@@H]1C[C@H](O)[C@@H](C)N1. The third kappa shape index (κ3) is 2.46. The molecule has 1 rings (SSSR count). The van der Waals surface area contributed by atoms with Gasteiger partial charge < -0.3 is 10.4 Å². The summed E-state index contributed by atoms with van der Waals surface area (Å²) < 4.78 is 0. The van der Waals surface area contributed by atoms with Crippen LogP contribution in [0.5, 0.6) is 0 Å². The van der Waals surface area contributed by atoms with Crippen molar-refractivity contribution in [2.45, 2.75) is 57.7 Å². The molecule has 0 spiro atoms. The Morgan fingerprint density at radius 3 is 2.73 bits per heavy atom. The molecular formula is C9H19NO. The molecule has 1 heterocycles. The summed E-state index contributed by atoms with van der Waals surface area (Å²) in [5, 5.41) is 12.8. The summed E-state index contributed by atoms with van der Waals surface area (Å²) >= 11 is 0. The lowest BCUT2D eigenvalue weighted by Gasteiger charge is -2.09. The zero-order chi connectivity index (χ0) is 8.27. The van der Waals surface area contributed by atoms with Crippen LogP contribution in [0.25, 0.3) is 0 Å². The van der Waals surface area contributed by atoms with Crippen LogP contribution in [0.2, 0.25) is 0 Å². The Kier molecular flexibility index (Phi) is 3.34. The molecule has 66 valence electrons. The highest BCUT2D eigenvalue weighted by Crippen LogP contribution is 2.17. The molecule has 0 bridgehead atoms. The fourth-order valence-electron chi connectivity index (χ4n) is 1.70. The van der Waals surface area contributed by atoms with Crippen LogP contribution in [-0.4, -0.2) is 23.3 Å². The smallest absolute Gasteiger partial charge is 0.0705 e. The summed E-state index contributed by atoms with van der Waals surface area (Å²) in [6, 6.07) is 0.872. The van der Waals surface area contributed by atoms with Gasteiger partial charge in [0.05, 0.1) is 6.10 Å². The predicted molar refractivity (Wildman–Crippen MR) is 46.5 cm³/mol. The minimum absolute atomic E-state index is 0.114. The predicted octanol–water partition coefficient (Wildman–Crippen LogP) is 1.29. The fourth-order valence-corrected chi connectivity index (χ4v) is 1.70. The van der Waals surface area contributed by atoms with Gasteiger partial charge in [0.25, 0.3) is 0 Å². The maximum atomic E-state index is 9.40. The van der Waals surface area contributed by atoms with Crippen LogP contribution in [0.4, 0.5) is 0 Å². The molecule has 0 saturated carbocycles. The number of nitrogens with one attached hydrogen (secondary N) is 1. The second kappa shape index (κ2) is 4.07. The van der Waals surface area contributed by atoms with Crippen molar-refractivity contribution in [3.8, 4) is 0 Å². The van der Waals surface area contributed by atoms with Crippen LogP contribution in [0, 0.1) is 0 Å². The van der Waals surface area contributed by atoms with E-state index in [1.807, 2.05) is 0 Å². The van der Waals surface area contributed by atoms with Gasteiger partial charge in [-0.3, -0.25) is 0 Å². The van der Waals surface area contributed by atoms with Crippen molar-refractivity contribution in [3.63, 3.8) is 0 Å². The van der Waals surface area contributed by atoms with Gasteiger partial charge in [0.15, 0.2) is 0 Å². The quantitative estimate of drug-likeness (QED) is 0.647. The van der Waals surface area contributed by atoms with Gasteiger partial charge in [0, 0.05) is 12.1 Å². The van der Waals surface area contributed by atoms with Gasteiger partial charge in [-0.15, -0.1) is 0 Å². The molecule has 11 heavy (non-hydrogen) atoms. The van der Waals surface area contributed by atoms with Crippen LogP contribution in [-0.2, 0) is 0 Å². The standard InChI is InChI=1S/C9H19NO/c1-3-4-5-8-6-9(11)7(2)10-8/h7-11H,3-6H2,1-2H3/t7-,8-,9+/m1/s1. The Morgan fingerprint density at radius 1 is 1.55 bits per heavy atom. The highest BCUT2D eigenvalue weighted by molar-refractivity contribution is 4.87. The van der Waals surface area contributed by atoms with E-state index in [4.69, 9.17) is 0 Å². The maximum absolute atomic E-state index is 9.40. The molecule has 1 aliphatic heterocycles. The number of aliphatic hydroxyl groups excluding tert-OH is 1. The molecule has 2 N–H and O–H groups in total. The van der Waals surface area contributed by atoms with Crippen molar-refractivity contribution in [1.29, 1.82) is 0 Å². The van der Waals surface area contributed by atoms with E-state index in [9.17, 15) is 5.11 Å². The van der Waals surface area contributed by atoms with Gasteiger partial charge in [-0.1, -0.05) is 19.8 Å². The lowest BCUT2D eigenvalue weighted by Crippen LogP contribution is -2.30. The molecule has 0 aromatic rings. The largest absolute Gasteiger partial charge is 0.391 e. The molecule has 0 aliphatic carbocycles. The first kappa shape index (κ1) is 9.01. The topological polar surface area (TPSA) is 32.3 Å². The molecular weight excluding hydrogens is 138 g/mol. The minimum Gasteiger partial charge on any atom is -0.391 e. The summed E-state index contributed by atoms with van der Waals surface area (Å²) in [7, 11) is 0. The molecule has 0 aromatic carbocycles. The van der Waals surface area contributed by atoms with E-state index in [-0.39, 0.29) is 6.10 Å². The molecule has 2 heteroatoms. The van der Waals surface area contributed by atoms with E-state index in [0.29, 0.717) is 12.1 Å². The van der Waals surface area contributed by atoms with Crippen LogP contribution in [0.3, 0.4) is 0 Å². The van der Waals surface area contributed by atoms with E-state index < -0.39 is 0 Å². The van der Waals surface area contributed by atoms with E-state index in [2.05, 4.69) is 19.2 Å². The van der Waals surface area contributed by atoms with Crippen LogP contribution in [0.15, 0.2) is 0 Å². The Labute approximate surface area is 69.0 Å². The van der Waals surface area contributed by atoms with Crippen LogP contribution < -0.4 is 5.32 Å². The van der Waals surface area contributed by atoms with E-state index in [1.165, 1.54) is 19.3 Å². The Morgan fingerprint density at radius 2 is 2.27 bits per heavy atom. The molecule has 1 fully saturated rings.